The molecule has 0 aliphatic rings. The molecule has 0 N–H and O–H groups in total. The number of unbranched alkanes of at least 4 members (excludes halogenated alkanes) is 2. The fourth-order valence-corrected chi connectivity index (χ4v) is 3.24. The Balaban J connectivity index is 1.59. The van der Waals surface area contributed by atoms with E-state index in [4.69, 9.17) is 9.47 Å². The summed E-state index contributed by atoms with van der Waals surface area (Å²) in [5, 5.41) is 0. The van der Waals surface area contributed by atoms with Crippen molar-refractivity contribution < 1.29 is 14.3 Å². The minimum Gasteiger partial charge on any atom is -0.479 e. The fraction of sp³-hybridized carbons (Fsp3) is 0.370. The zero-order chi connectivity index (χ0) is 22.8. The Morgan fingerprint density at radius 3 is 2.09 bits per heavy atom. The summed E-state index contributed by atoms with van der Waals surface area (Å²) in [4.78, 5) is 21.0. The van der Waals surface area contributed by atoms with Crippen molar-refractivity contribution >= 4 is 5.97 Å². The first-order valence-corrected chi connectivity index (χ1v) is 11.5. The lowest BCUT2D eigenvalue weighted by atomic mass is 10.0. The number of rotatable bonds is 11. The highest BCUT2D eigenvalue weighted by Crippen LogP contribution is 2.23. The summed E-state index contributed by atoms with van der Waals surface area (Å²) in [5.74, 6) is 0.903. The van der Waals surface area contributed by atoms with Crippen molar-refractivity contribution in [1.29, 1.82) is 0 Å². The highest BCUT2D eigenvalue weighted by atomic mass is 16.6. The van der Waals surface area contributed by atoms with Crippen LogP contribution in [-0.2, 0) is 16.0 Å². The molecule has 0 radical (unpaired) electrons. The molecule has 0 saturated heterocycles. The maximum absolute atomic E-state index is 12.0. The number of carbonyl (C=O) groups is 1. The minimum atomic E-state index is -0.651. The molecule has 0 spiro atoms. The molecule has 0 bridgehead atoms. The van der Waals surface area contributed by atoms with Crippen LogP contribution in [0.15, 0.2) is 60.9 Å². The molecule has 1 aromatic heterocycles. The van der Waals surface area contributed by atoms with Crippen LogP contribution in [0.5, 0.6) is 5.75 Å². The highest BCUT2D eigenvalue weighted by molar-refractivity contribution is 5.74. The molecule has 3 aromatic rings. The van der Waals surface area contributed by atoms with Gasteiger partial charge in [-0.2, -0.15) is 0 Å². The number of nitrogens with zero attached hydrogens (tertiary/aromatic N) is 2. The number of ether oxygens (including phenoxy) is 2. The third-order valence-corrected chi connectivity index (χ3v) is 5.26. The van der Waals surface area contributed by atoms with Crippen LogP contribution in [0.4, 0.5) is 0 Å². The van der Waals surface area contributed by atoms with Crippen LogP contribution in [0.25, 0.3) is 22.5 Å². The van der Waals surface area contributed by atoms with Crippen LogP contribution in [0.3, 0.4) is 0 Å². The highest BCUT2D eigenvalue weighted by Gasteiger charge is 2.16. The summed E-state index contributed by atoms with van der Waals surface area (Å²) >= 11 is 0. The molecular weight excluding hydrogens is 400 g/mol. The molecule has 2 aromatic carbocycles. The van der Waals surface area contributed by atoms with Gasteiger partial charge in [0.25, 0.3) is 0 Å². The van der Waals surface area contributed by atoms with Gasteiger partial charge in [0.05, 0.1) is 6.61 Å². The quantitative estimate of drug-likeness (QED) is 0.264. The zero-order valence-corrected chi connectivity index (χ0v) is 19.2. The Hall–Kier alpha value is -3.21. The van der Waals surface area contributed by atoms with Crippen LogP contribution < -0.4 is 4.74 Å². The summed E-state index contributed by atoms with van der Waals surface area (Å²) in [5.41, 5.74) is 4.35. The van der Waals surface area contributed by atoms with Gasteiger partial charge in [0, 0.05) is 23.5 Å². The average Bonchev–Trinajstić information content (AvgIpc) is 2.84. The molecule has 0 aliphatic heterocycles. The van der Waals surface area contributed by atoms with Crippen LogP contribution in [0, 0.1) is 0 Å². The Kier molecular flexibility index (Phi) is 8.79. The Morgan fingerprint density at radius 2 is 1.47 bits per heavy atom. The molecule has 1 atom stereocenters. The third-order valence-electron chi connectivity index (χ3n) is 5.26. The summed E-state index contributed by atoms with van der Waals surface area (Å²) in [6, 6.07) is 16.0. The van der Waals surface area contributed by atoms with Crippen molar-refractivity contribution in [3.05, 3.63) is 66.5 Å². The molecule has 1 heterocycles. The fourth-order valence-electron chi connectivity index (χ4n) is 3.24. The molecule has 5 nitrogen and oxygen atoms in total. The monoisotopic (exact) mass is 432 g/mol. The lowest BCUT2D eigenvalue weighted by Gasteiger charge is -2.14. The maximum atomic E-state index is 12.0. The Morgan fingerprint density at radius 1 is 0.844 bits per heavy atom. The summed E-state index contributed by atoms with van der Waals surface area (Å²) in [7, 11) is 0. The van der Waals surface area contributed by atoms with Gasteiger partial charge in [0.15, 0.2) is 11.9 Å². The molecule has 0 amide bonds. The third kappa shape index (κ3) is 6.64. The largest absolute Gasteiger partial charge is 0.479 e. The zero-order valence-electron chi connectivity index (χ0n) is 19.2. The van der Waals surface area contributed by atoms with E-state index < -0.39 is 6.10 Å². The van der Waals surface area contributed by atoms with Crippen molar-refractivity contribution in [1.82, 2.24) is 9.97 Å². The van der Waals surface area contributed by atoms with Crippen LogP contribution in [0.2, 0.25) is 0 Å². The molecule has 0 aliphatic carbocycles. The Labute approximate surface area is 190 Å². The van der Waals surface area contributed by atoms with Crippen LogP contribution in [0.1, 0.15) is 52.0 Å². The lowest BCUT2D eigenvalue weighted by Crippen LogP contribution is -2.26. The molecule has 0 saturated carbocycles. The number of benzene rings is 2. The number of hydrogen-bond acceptors (Lipinski definition) is 5. The molecule has 3 rings (SSSR count). The van der Waals surface area contributed by atoms with E-state index in [9.17, 15) is 4.79 Å². The molecule has 5 heteroatoms. The van der Waals surface area contributed by atoms with E-state index in [1.165, 1.54) is 18.4 Å². The van der Waals surface area contributed by atoms with E-state index in [2.05, 4.69) is 48.1 Å². The second-order valence-corrected chi connectivity index (χ2v) is 7.90. The molecular formula is C27H32N2O3. The standard InChI is InChI=1S/C27H32N2O3/c1-4-6-8-21-9-11-22(12-10-21)24-18-28-26(29-19-24)23-13-15-25(16-14-23)32-20(3)27(30)31-17-7-5-2/h9-16,18-20H,4-8,17H2,1-3H3. The van der Waals surface area contributed by atoms with E-state index in [1.54, 1.807) is 6.92 Å². The number of aryl methyl sites for hydroxylation is 1. The molecule has 168 valence electrons. The summed E-state index contributed by atoms with van der Waals surface area (Å²) in [6.45, 7) is 6.39. The minimum absolute atomic E-state index is 0.347. The predicted molar refractivity (Wildman–Crippen MR) is 127 cm³/mol. The first kappa shape index (κ1) is 23.5. The molecule has 32 heavy (non-hydrogen) atoms. The second-order valence-electron chi connectivity index (χ2n) is 7.90. The Bertz CT molecular complexity index is 967. The van der Waals surface area contributed by atoms with Crippen molar-refractivity contribution in [2.45, 2.75) is 59.0 Å². The van der Waals surface area contributed by atoms with E-state index in [0.717, 1.165) is 36.0 Å². The summed E-state index contributed by atoms with van der Waals surface area (Å²) < 4.78 is 10.9. The van der Waals surface area contributed by atoms with Gasteiger partial charge in [-0.1, -0.05) is 51.0 Å². The van der Waals surface area contributed by atoms with Gasteiger partial charge in [0.1, 0.15) is 5.75 Å². The average molecular weight is 433 g/mol. The first-order valence-electron chi connectivity index (χ1n) is 11.5. The van der Waals surface area contributed by atoms with Crippen LogP contribution in [-0.4, -0.2) is 28.6 Å². The number of carbonyl (C=O) groups excluding carboxylic acids is 1. The van der Waals surface area contributed by atoms with Crippen molar-refractivity contribution in [2.75, 3.05) is 6.61 Å². The van der Waals surface area contributed by atoms with Gasteiger partial charge in [-0.05, 0) is 61.6 Å². The maximum Gasteiger partial charge on any atom is 0.347 e. The van der Waals surface area contributed by atoms with Crippen molar-refractivity contribution in [3.8, 4) is 28.3 Å². The van der Waals surface area contributed by atoms with Gasteiger partial charge in [-0.25, -0.2) is 14.8 Å². The topological polar surface area (TPSA) is 61.3 Å². The van der Waals surface area contributed by atoms with E-state index in [0.29, 0.717) is 18.2 Å². The smallest absolute Gasteiger partial charge is 0.347 e. The SMILES string of the molecule is CCCCOC(=O)C(C)Oc1ccc(-c2ncc(-c3ccc(CCCC)cc3)cn2)cc1. The van der Waals surface area contributed by atoms with Gasteiger partial charge >= 0.3 is 5.97 Å². The number of esters is 1. The van der Waals surface area contributed by atoms with Gasteiger partial charge in [0.2, 0.25) is 0 Å². The molecule has 0 fully saturated rings. The van der Waals surface area contributed by atoms with E-state index in [-0.39, 0.29) is 5.97 Å². The predicted octanol–water partition coefficient (Wildman–Crippen LogP) is 6.26. The van der Waals surface area contributed by atoms with Gasteiger partial charge in [-0.15, -0.1) is 0 Å². The second kappa shape index (κ2) is 12.0. The lowest BCUT2D eigenvalue weighted by molar-refractivity contribution is -0.151. The summed E-state index contributed by atoms with van der Waals surface area (Å²) in [6.07, 6.45) is 8.42. The normalized spacial score (nSPS) is 11.7. The van der Waals surface area contributed by atoms with E-state index >= 15 is 0 Å². The van der Waals surface area contributed by atoms with Gasteiger partial charge < -0.3 is 9.47 Å². The number of hydrogen-bond donors (Lipinski definition) is 0. The molecule has 1 unspecified atom stereocenters. The first-order chi connectivity index (χ1) is 15.6. The van der Waals surface area contributed by atoms with Gasteiger partial charge in [-0.3, -0.25) is 0 Å². The van der Waals surface area contributed by atoms with Crippen molar-refractivity contribution in [2.24, 2.45) is 0 Å². The number of aromatic nitrogens is 2. The van der Waals surface area contributed by atoms with Crippen LogP contribution >= 0.6 is 0 Å². The van der Waals surface area contributed by atoms with Crippen molar-refractivity contribution in [3.63, 3.8) is 0 Å². The van der Waals surface area contributed by atoms with E-state index in [1.807, 2.05) is 36.7 Å².